The van der Waals surface area contributed by atoms with Gasteiger partial charge < -0.3 is 4.74 Å². The van der Waals surface area contributed by atoms with E-state index in [1.54, 1.807) is 30.3 Å². The topological polar surface area (TPSA) is 26.3 Å². The van der Waals surface area contributed by atoms with Gasteiger partial charge in [-0.15, -0.1) is 0 Å². The Kier molecular flexibility index (Phi) is 3.34. The highest BCUT2D eigenvalue weighted by Crippen LogP contribution is 2.31. The van der Waals surface area contributed by atoms with E-state index in [1.807, 2.05) is 6.92 Å². The number of halogens is 2. The summed E-state index contributed by atoms with van der Waals surface area (Å²) in [4.78, 5) is 12.5. The van der Waals surface area contributed by atoms with E-state index >= 15 is 0 Å². The molecule has 1 heterocycles. The maximum Gasteiger partial charge on any atom is 0.197 e. The number of ketones is 1. The molecule has 2 aromatic rings. The molecule has 20 heavy (non-hydrogen) atoms. The van der Waals surface area contributed by atoms with Gasteiger partial charge in [0.2, 0.25) is 0 Å². The minimum Gasteiger partial charge on any atom is -0.490 e. The van der Waals surface area contributed by atoms with E-state index in [0.717, 1.165) is 17.7 Å². The van der Waals surface area contributed by atoms with Gasteiger partial charge in [0, 0.05) is 16.5 Å². The molecule has 1 unspecified atom stereocenters. The van der Waals surface area contributed by atoms with E-state index in [1.165, 1.54) is 6.07 Å². The fraction of sp³-hybridized carbons (Fsp3) is 0.188. The van der Waals surface area contributed by atoms with Crippen molar-refractivity contribution in [1.82, 2.24) is 0 Å². The Labute approximate surface area is 124 Å². The van der Waals surface area contributed by atoms with Crippen LogP contribution in [0.3, 0.4) is 0 Å². The second-order valence-electron chi connectivity index (χ2n) is 4.88. The van der Waals surface area contributed by atoms with Crippen molar-refractivity contribution < 1.29 is 13.9 Å². The molecule has 4 heteroatoms. The average Bonchev–Trinajstić information content (AvgIpc) is 2.77. The van der Waals surface area contributed by atoms with E-state index in [0.29, 0.717) is 10.0 Å². The maximum atomic E-state index is 13.8. The summed E-state index contributed by atoms with van der Waals surface area (Å²) in [6.45, 7) is 1.98. The summed E-state index contributed by atoms with van der Waals surface area (Å²) in [7, 11) is 0. The molecular weight excluding hydrogens is 323 g/mol. The van der Waals surface area contributed by atoms with Gasteiger partial charge in [-0.05, 0) is 58.7 Å². The van der Waals surface area contributed by atoms with Crippen LogP contribution < -0.4 is 4.74 Å². The highest BCUT2D eigenvalue weighted by Gasteiger charge is 2.22. The number of hydrogen-bond donors (Lipinski definition) is 0. The van der Waals surface area contributed by atoms with Crippen molar-refractivity contribution in [2.24, 2.45) is 0 Å². The van der Waals surface area contributed by atoms with Crippen LogP contribution in [0.1, 0.15) is 28.4 Å². The van der Waals surface area contributed by atoms with Crippen molar-refractivity contribution in [2.45, 2.75) is 19.4 Å². The van der Waals surface area contributed by atoms with Crippen molar-refractivity contribution in [3.8, 4) is 5.75 Å². The fourth-order valence-corrected chi connectivity index (χ4v) is 2.94. The lowest BCUT2D eigenvalue weighted by Gasteiger charge is -2.07. The molecular formula is C16H12BrFO2. The molecule has 1 aliphatic rings. The zero-order chi connectivity index (χ0) is 14.3. The molecule has 0 N–H and O–H groups in total. The number of fused-ring (bicyclic) bond motifs is 1. The van der Waals surface area contributed by atoms with Crippen molar-refractivity contribution in [1.29, 1.82) is 0 Å². The van der Waals surface area contributed by atoms with Crippen LogP contribution in [0.2, 0.25) is 0 Å². The van der Waals surface area contributed by atoms with Crippen LogP contribution in [0.25, 0.3) is 0 Å². The van der Waals surface area contributed by atoms with E-state index in [2.05, 4.69) is 15.9 Å². The quantitative estimate of drug-likeness (QED) is 0.771. The van der Waals surface area contributed by atoms with Crippen molar-refractivity contribution in [3.05, 3.63) is 63.4 Å². The first kappa shape index (κ1) is 13.3. The number of hydrogen-bond acceptors (Lipinski definition) is 2. The predicted octanol–water partition coefficient (Wildman–Crippen LogP) is 4.14. The Morgan fingerprint density at radius 2 is 2.15 bits per heavy atom. The van der Waals surface area contributed by atoms with E-state index in [9.17, 15) is 9.18 Å². The molecule has 0 amide bonds. The summed E-state index contributed by atoms with van der Waals surface area (Å²) in [5, 5.41) is 0. The minimum absolute atomic E-state index is 0.0689. The Morgan fingerprint density at radius 1 is 1.35 bits per heavy atom. The smallest absolute Gasteiger partial charge is 0.197 e. The molecule has 3 rings (SSSR count). The molecule has 0 radical (unpaired) electrons. The van der Waals surface area contributed by atoms with Crippen LogP contribution in [0.5, 0.6) is 5.75 Å². The van der Waals surface area contributed by atoms with E-state index in [4.69, 9.17) is 4.74 Å². The average molecular weight is 335 g/mol. The van der Waals surface area contributed by atoms with Gasteiger partial charge in [-0.1, -0.05) is 6.07 Å². The minimum atomic E-state index is -0.519. The molecule has 0 saturated carbocycles. The molecule has 1 aliphatic heterocycles. The van der Waals surface area contributed by atoms with Crippen LogP contribution >= 0.6 is 15.9 Å². The van der Waals surface area contributed by atoms with Gasteiger partial charge in [0.05, 0.1) is 5.56 Å². The first-order valence-corrected chi connectivity index (χ1v) is 7.14. The van der Waals surface area contributed by atoms with Gasteiger partial charge in [0.15, 0.2) is 5.78 Å². The Bertz CT molecular complexity index is 677. The largest absolute Gasteiger partial charge is 0.490 e. The molecule has 0 saturated heterocycles. The van der Waals surface area contributed by atoms with Crippen molar-refractivity contribution in [2.75, 3.05) is 0 Å². The number of benzene rings is 2. The number of rotatable bonds is 2. The Balaban J connectivity index is 2.02. The van der Waals surface area contributed by atoms with Crippen LogP contribution in [0.4, 0.5) is 4.39 Å². The second-order valence-corrected chi connectivity index (χ2v) is 5.74. The second kappa shape index (κ2) is 5.02. The molecule has 102 valence electrons. The molecule has 1 atom stereocenters. The third-order valence-corrected chi connectivity index (χ3v) is 4.01. The molecule has 0 bridgehead atoms. The number of carbonyl (C=O) groups excluding carboxylic acids is 1. The molecule has 0 aliphatic carbocycles. The molecule has 2 nitrogen and oxygen atoms in total. The summed E-state index contributed by atoms with van der Waals surface area (Å²) in [5.74, 6) is -0.0338. The van der Waals surface area contributed by atoms with Gasteiger partial charge in [0.25, 0.3) is 0 Å². The van der Waals surface area contributed by atoms with Gasteiger partial charge in [0.1, 0.15) is 17.7 Å². The van der Waals surface area contributed by atoms with Crippen LogP contribution in [-0.2, 0) is 6.42 Å². The maximum absolute atomic E-state index is 13.8. The van der Waals surface area contributed by atoms with Gasteiger partial charge >= 0.3 is 0 Å². The summed E-state index contributed by atoms with van der Waals surface area (Å²) in [6.07, 6.45) is 0.894. The summed E-state index contributed by atoms with van der Waals surface area (Å²) < 4.78 is 19.9. The molecule has 2 aromatic carbocycles. The third-order valence-electron chi connectivity index (χ3n) is 3.35. The highest BCUT2D eigenvalue weighted by atomic mass is 79.9. The lowest BCUT2D eigenvalue weighted by molar-refractivity contribution is 0.103. The molecule has 0 fully saturated rings. The van der Waals surface area contributed by atoms with Crippen LogP contribution in [-0.4, -0.2) is 11.9 Å². The number of ether oxygens (including phenoxy) is 1. The summed E-state index contributed by atoms with van der Waals surface area (Å²) in [5.41, 5.74) is 1.54. The fourth-order valence-electron chi connectivity index (χ4n) is 2.42. The lowest BCUT2D eigenvalue weighted by Crippen LogP contribution is -2.06. The standard InChI is InChI=1S/C16H12BrFO2/c1-9-7-11-8-10(5-6-14(11)20-9)16(19)15-12(17)3-2-4-13(15)18/h2-6,8-9H,7H2,1H3. The highest BCUT2D eigenvalue weighted by molar-refractivity contribution is 9.10. The first-order chi connectivity index (χ1) is 9.56. The van der Waals surface area contributed by atoms with Gasteiger partial charge in [-0.3, -0.25) is 4.79 Å². The van der Waals surface area contributed by atoms with E-state index in [-0.39, 0.29) is 17.5 Å². The van der Waals surface area contributed by atoms with Gasteiger partial charge in [-0.2, -0.15) is 0 Å². The predicted molar refractivity (Wildman–Crippen MR) is 77.8 cm³/mol. The third kappa shape index (κ3) is 2.24. The summed E-state index contributed by atoms with van der Waals surface area (Å²) >= 11 is 3.23. The SMILES string of the molecule is CC1Cc2cc(C(=O)c3c(F)cccc3Br)ccc2O1. The monoisotopic (exact) mass is 334 g/mol. The van der Waals surface area contributed by atoms with Crippen LogP contribution in [0, 0.1) is 5.82 Å². The first-order valence-electron chi connectivity index (χ1n) is 6.34. The normalized spacial score (nSPS) is 16.6. The van der Waals surface area contributed by atoms with Gasteiger partial charge in [-0.25, -0.2) is 4.39 Å². The van der Waals surface area contributed by atoms with Crippen molar-refractivity contribution in [3.63, 3.8) is 0 Å². The van der Waals surface area contributed by atoms with Crippen LogP contribution in [0.15, 0.2) is 40.9 Å². The Hall–Kier alpha value is -1.68. The summed E-state index contributed by atoms with van der Waals surface area (Å²) in [6, 6.07) is 9.76. The molecule has 0 spiro atoms. The number of carbonyl (C=O) groups is 1. The lowest BCUT2D eigenvalue weighted by atomic mass is 9.99. The zero-order valence-corrected chi connectivity index (χ0v) is 12.4. The Morgan fingerprint density at radius 3 is 2.90 bits per heavy atom. The van der Waals surface area contributed by atoms with E-state index < -0.39 is 5.82 Å². The molecule has 0 aromatic heterocycles. The zero-order valence-electron chi connectivity index (χ0n) is 10.8. The van der Waals surface area contributed by atoms with Crippen molar-refractivity contribution >= 4 is 21.7 Å².